The van der Waals surface area contributed by atoms with E-state index in [1.54, 1.807) is 12.3 Å². The van der Waals surface area contributed by atoms with Gasteiger partial charge in [0.25, 0.3) is 0 Å². The van der Waals surface area contributed by atoms with Crippen molar-refractivity contribution in [3.63, 3.8) is 0 Å². The molecule has 4 nitrogen and oxygen atoms in total. The first kappa shape index (κ1) is 18.9. The van der Waals surface area contributed by atoms with Crippen LogP contribution in [0.4, 0.5) is 15.2 Å². The fraction of sp³-hybridized carbons (Fsp3) is 0.0667. The third kappa shape index (κ3) is 4.76. The third-order valence-corrected chi connectivity index (χ3v) is 5.17. The molecule has 3 aromatic rings. The highest BCUT2D eigenvalue weighted by Crippen LogP contribution is 2.35. The van der Waals surface area contributed by atoms with Gasteiger partial charge in [-0.3, -0.25) is 0 Å². The normalized spacial score (nSPS) is 10.2. The molecule has 0 atom stereocenters. The largest absolute Gasteiger partial charge is 0.398 e. The van der Waals surface area contributed by atoms with Crippen molar-refractivity contribution in [2.45, 2.75) is 6.92 Å². The number of thiazole rings is 1. The van der Waals surface area contributed by atoms with E-state index >= 15 is 0 Å². The Kier molecular flexibility index (Phi) is 6.34. The van der Waals surface area contributed by atoms with Crippen molar-refractivity contribution >= 4 is 61.9 Å². The monoisotopic (exact) mass is 446 g/mol. The van der Waals surface area contributed by atoms with Crippen LogP contribution in [0.1, 0.15) is 5.56 Å². The number of rotatable bonds is 1. The fourth-order valence-corrected chi connectivity index (χ4v) is 3.45. The van der Waals surface area contributed by atoms with Crippen LogP contribution in [0.5, 0.6) is 0 Å². The van der Waals surface area contributed by atoms with E-state index in [0.29, 0.717) is 10.8 Å². The number of H-pyrrole nitrogens is 1. The fourth-order valence-electron chi connectivity index (χ4n) is 1.76. The van der Waals surface area contributed by atoms with Crippen LogP contribution < -0.4 is 11.5 Å². The average Bonchev–Trinajstić information content (AvgIpc) is 2.85. The van der Waals surface area contributed by atoms with Gasteiger partial charge in [0.05, 0.1) is 14.5 Å². The zero-order chi connectivity index (χ0) is 17.9. The molecule has 0 aliphatic heterocycles. The number of nitrogens with two attached hydrogens (primary N) is 2. The van der Waals surface area contributed by atoms with Gasteiger partial charge in [-0.1, -0.05) is 35.2 Å². The minimum atomic E-state index is -0.445. The summed E-state index contributed by atoms with van der Waals surface area (Å²) in [4.78, 5) is 6.98. The molecule has 126 valence electrons. The van der Waals surface area contributed by atoms with Crippen LogP contribution in [0, 0.1) is 17.4 Å². The van der Waals surface area contributed by atoms with Crippen LogP contribution in [0.2, 0.25) is 5.02 Å². The van der Waals surface area contributed by atoms with E-state index in [4.69, 9.17) is 35.3 Å². The Morgan fingerprint density at radius 1 is 1.33 bits per heavy atom. The van der Waals surface area contributed by atoms with Gasteiger partial charge in [-0.15, -0.1) is 0 Å². The zero-order valence-electron chi connectivity index (χ0n) is 12.4. The lowest BCUT2D eigenvalue weighted by Crippen LogP contribution is -1.87. The van der Waals surface area contributed by atoms with Crippen molar-refractivity contribution in [1.29, 1.82) is 0 Å². The number of anilines is 2. The molecular formula is C15H13BrClFN4S2. The lowest BCUT2D eigenvalue weighted by molar-refractivity contribution is 0.628. The second-order valence-corrected chi connectivity index (χ2v) is 7.91. The highest BCUT2D eigenvalue weighted by atomic mass is 79.9. The standard InChI is InChI=1S/C9H5BrClFN2S.C6H8N2S/c10-8-7(14-9(13)15-8)4-1-2-6(12)5(11)3-4;1-4-2-5(7)3-8-6(4)9/h1-3H,(H2,13,14);2-3H,7H2,1H3,(H,8,9). The van der Waals surface area contributed by atoms with Crippen LogP contribution in [-0.2, 0) is 0 Å². The molecular weight excluding hydrogens is 435 g/mol. The highest BCUT2D eigenvalue weighted by molar-refractivity contribution is 9.11. The van der Waals surface area contributed by atoms with Crippen LogP contribution in [-0.4, -0.2) is 9.97 Å². The molecule has 0 fully saturated rings. The van der Waals surface area contributed by atoms with Crippen LogP contribution in [0.3, 0.4) is 0 Å². The van der Waals surface area contributed by atoms with E-state index < -0.39 is 5.82 Å². The number of benzene rings is 1. The summed E-state index contributed by atoms with van der Waals surface area (Å²) in [6.45, 7) is 1.93. The summed E-state index contributed by atoms with van der Waals surface area (Å²) < 4.78 is 14.5. The smallest absolute Gasteiger partial charge is 0.181 e. The summed E-state index contributed by atoms with van der Waals surface area (Å²) in [6, 6.07) is 6.29. The number of hydrogen-bond acceptors (Lipinski definition) is 5. The Bertz CT molecular complexity index is 926. The van der Waals surface area contributed by atoms with Gasteiger partial charge < -0.3 is 16.5 Å². The van der Waals surface area contributed by atoms with E-state index in [0.717, 1.165) is 25.2 Å². The zero-order valence-corrected chi connectivity index (χ0v) is 16.4. The first-order valence-electron chi connectivity index (χ1n) is 6.60. The molecule has 24 heavy (non-hydrogen) atoms. The molecule has 2 aromatic heterocycles. The Morgan fingerprint density at radius 2 is 2.04 bits per heavy atom. The van der Waals surface area contributed by atoms with Crippen molar-refractivity contribution < 1.29 is 4.39 Å². The van der Waals surface area contributed by atoms with Gasteiger partial charge in [0.1, 0.15) is 10.5 Å². The van der Waals surface area contributed by atoms with Gasteiger partial charge in [-0.25, -0.2) is 9.37 Å². The van der Waals surface area contributed by atoms with Gasteiger partial charge in [0, 0.05) is 17.4 Å². The van der Waals surface area contributed by atoms with E-state index in [1.165, 1.54) is 23.5 Å². The number of aromatic amines is 1. The van der Waals surface area contributed by atoms with Crippen molar-refractivity contribution in [3.8, 4) is 11.3 Å². The topological polar surface area (TPSA) is 80.7 Å². The van der Waals surface area contributed by atoms with Crippen molar-refractivity contribution in [2.75, 3.05) is 11.5 Å². The maximum Gasteiger partial charge on any atom is 0.181 e. The molecule has 9 heteroatoms. The number of hydrogen-bond donors (Lipinski definition) is 3. The number of aromatic nitrogens is 2. The number of halogens is 3. The van der Waals surface area contributed by atoms with Gasteiger partial charge in [0.15, 0.2) is 5.13 Å². The van der Waals surface area contributed by atoms with E-state index in [2.05, 4.69) is 25.9 Å². The molecule has 0 saturated heterocycles. The van der Waals surface area contributed by atoms with Crippen LogP contribution in [0.25, 0.3) is 11.3 Å². The molecule has 3 rings (SSSR count). The number of nitrogen functional groups attached to an aromatic ring is 2. The Hall–Kier alpha value is -1.48. The average molecular weight is 448 g/mol. The van der Waals surface area contributed by atoms with E-state index in [-0.39, 0.29) is 5.02 Å². The molecule has 2 heterocycles. The quantitative estimate of drug-likeness (QED) is 0.425. The number of nitrogens with one attached hydrogen (secondary N) is 1. The summed E-state index contributed by atoms with van der Waals surface area (Å²) in [5.41, 5.74) is 14.2. The lowest BCUT2D eigenvalue weighted by Gasteiger charge is -1.99. The summed E-state index contributed by atoms with van der Waals surface area (Å²) in [6.07, 6.45) is 1.69. The SMILES string of the molecule is Cc1cc(N)c[nH]c1=S.Nc1nc(-c2ccc(F)c(Cl)c2)c(Br)s1. The molecule has 0 amide bonds. The number of aryl methyl sites for hydroxylation is 1. The van der Waals surface area contributed by atoms with Gasteiger partial charge >= 0.3 is 0 Å². The maximum absolute atomic E-state index is 12.9. The third-order valence-electron chi connectivity index (χ3n) is 2.91. The predicted molar refractivity (Wildman–Crippen MR) is 105 cm³/mol. The van der Waals surface area contributed by atoms with Gasteiger partial charge in [0.2, 0.25) is 0 Å². The molecule has 5 N–H and O–H groups in total. The molecule has 0 radical (unpaired) electrons. The maximum atomic E-state index is 12.9. The molecule has 0 spiro atoms. The molecule has 0 aliphatic rings. The Labute approximate surface area is 160 Å². The molecule has 1 aromatic carbocycles. The number of pyridine rings is 1. The molecule has 0 aliphatic carbocycles. The lowest BCUT2D eigenvalue weighted by atomic mass is 10.2. The van der Waals surface area contributed by atoms with Crippen LogP contribution >= 0.6 is 51.1 Å². The summed E-state index contributed by atoms with van der Waals surface area (Å²) >= 11 is 15.2. The Balaban J connectivity index is 0.000000198. The van der Waals surface area contributed by atoms with Crippen molar-refractivity contribution in [3.05, 3.63) is 55.3 Å². The second-order valence-electron chi connectivity index (χ2n) is 4.75. The van der Waals surface area contributed by atoms with Gasteiger partial charge in [-0.2, -0.15) is 0 Å². The minimum Gasteiger partial charge on any atom is -0.398 e. The van der Waals surface area contributed by atoms with E-state index in [1.807, 2.05) is 13.0 Å². The van der Waals surface area contributed by atoms with Crippen LogP contribution in [0.15, 0.2) is 34.2 Å². The predicted octanol–water partition coefficient (Wildman–Crippen LogP) is 5.58. The van der Waals surface area contributed by atoms with Crippen molar-refractivity contribution in [1.82, 2.24) is 9.97 Å². The Morgan fingerprint density at radius 3 is 2.54 bits per heavy atom. The summed E-state index contributed by atoms with van der Waals surface area (Å²) in [5, 5.41) is 0.531. The summed E-state index contributed by atoms with van der Waals surface area (Å²) in [7, 11) is 0. The van der Waals surface area contributed by atoms with Gasteiger partial charge in [-0.05, 0) is 52.7 Å². The molecule has 0 bridgehead atoms. The first-order chi connectivity index (χ1) is 11.3. The second kappa shape index (κ2) is 8.06. The highest BCUT2D eigenvalue weighted by Gasteiger charge is 2.11. The summed E-state index contributed by atoms with van der Waals surface area (Å²) in [5.74, 6) is -0.445. The molecule has 0 saturated carbocycles. The molecule has 0 unspecified atom stereocenters. The van der Waals surface area contributed by atoms with Crippen molar-refractivity contribution in [2.24, 2.45) is 0 Å². The minimum absolute atomic E-state index is 0.0750. The van der Waals surface area contributed by atoms with E-state index in [9.17, 15) is 4.39 Å². The number of nitrogens with zero attached hydrogens (tertiary/aromatic N) is 1. The first-order valence-corrected chi connectivity index (χ1v) is 8.99.